The standard InChI is InChI=1S/C10H20N2O2/c1-7(2)14-10(13)12-9-5-4-8(3)11-6-9/h7-9,11H,4-6H2,1-3H3,(H,12,13). The van der Waals surface area contributed by atoms with Crippen molar-refractivity contribution in [1.82, 2.24) is 10.6 Å². The second kappa shape index (κ2) is 5.20. The molecule has 0 radical (unpaired) electrons. The first kappa shape index (κ1) is 11.3. The van der Waals surface area contributed by atoms with E-state index < -0.39 is 0 Å². The van der Waals surface area contributed by atoms with Gasteiger partial charge in [0.2, 0.25) is 0 Å². The zero-order chi connectivity index (χ0) is 10.6. The molecule has 0 aromatic heterocycles. The molecule has 0 aromatic carbocycles. The van der Waals surface area contributed by atoms with E-state index in [1.165, 1.54) is 0 Å². The molecular formula is C10H20N2O2. The minimum atomic E-state index is -0.304. The van der Waals surface area contributed by atoms with Gasteiger partial charge in [0.25, 0.3) is 0 Å². The Morgan fingerprint density at radius 2 is 2.21 bits per heavy atom. The summed E-state index contributed by atoms with van der Waals surface area (Å²) in [5.74, 6) is 0. The van der Waals surface area contributed by atoms with Crippen LogP contribution in [0.3, 0.4) is 0 Å². The molecule has 1 saturated heterocycles. The number of carbonyl (C=O) groups is 1. The van der Waals surface area contributed by atoms with Gasteiger partial charge in [-0.25, -0.2) is 4.79 Å². The van der Waals surface area contributed by atoms with Crippen LogP contribution in [0.1, 0.15) is 33.6 Å². The first-order chi connectivity index (χ1) is 6.58. The van der Waals surface area contributed by atoms with E-state index in [0.717, 1.165) is 19.4 Å². The number of hydrogen-bond donors (Lipinski definition) is 2. The largest absolute Gasteiger partial charge is 0.447 e. The number of nitrogens with one attached hydrogen (secondary N) is 2. The highest BCUT2D eigenvalue weighted by atomic mass is 16.6. The van der Waals surface area contributed by atoms with Crippen LogP contribution in [0.2, 0.25) is 0 Å². The summed E-state index contributed by atoms with van der Waals surface area (Å²) in [6.45, 7) is 6.69. The van der Waals surface area contributed by atoms with E-state index >= 15 is 0 Å². The minimum absolute atomic E-state index is 0.0505. The summed E-state index contributed by atoms with van der Waals surface area (Å²) in [6.07, 6.45) is 1.78. The van der Waals surface area contributed by atoms with Crippen LogP contribution in [-0.4, -0.2) is 30.8 Å². The van der Waals surface area contributed by atoms with Gasteiger partial charge >= 0.3 is 6.09 Å². The molecule has 14 heavy (non-hydrogen) atoms. The van der Waals surface area contributed by atoms with Gasteiger partial charge in [-0.2, -0.15) is 0 Å². The van der Waals surface area contributed by atoms with Crippen molar-refractivity contribution in [2.24, 2.45) is 0 Å². The molecule has 1 fully saturated rings. The number of ether oxygens (including phenoxy) is 1. The van der Waals surface area contributed by atoms with Crippen LogP contribution in [0.4, 0.5) is 4.79 Å². The Bertz CT molecular complexity index is 187. The van der Waals surface area contributed by atoms with Crippen LogP contribution >= 0.6 is 0 Å². The summed E-state index contributed by atoms with van der Waals surface area (Å²) >= 11 is 0. The minimum Gasteiger partial charge on any atom is -0.447 e. The van der Waals surface area contributed by atoms with Crippen LogP contribution in [-0.2, 0) is 4.74 Å². The molecule has 1 rings (SSSR count). The summed E-state index contributed by atoms with van der Waals surface area (Å²) in [5.41, 5.74) is 0. The maximum atomic E-state index is 11.2. The zero-order valence-electron chi connectivity index (χ0n) is 9.17. The van der Waals surface area contributed by atoms with E-state index in [0.29, 0.717) is 6.04 Å². The highest BCUT2D eigenvalue weighted by Gasteiger charge is 2.19. The fourth-order valence-electron chi connectivity index (χ4n) is 1.54. The summed E-state index contributed by atoms with van der Waals surface area (Å²) in [6, 6.07) is 0.784. The van der Waals surface area contributed by atoms with Crippen LogP contribution < -0.4 is 10.6 Å². The van der Waals surface area contributed by atoms with E-state index in [9.17, 15) is 4.79 Å². The van der Waals surface area contributed by atoms with Gasteiger partial charge in [0, 0.05) is 18.6 Å². The number of alkyl carbamates (subject to hydrolysis) is 1. The highest BCUT2D eigenvalue weighted by Crippen LogP contribution is 2.07. The molecule has 0 saturated carbocycles. The fourth-order valence-corrected chi connectivity index (χ4v) is 1.54. The maximum Gasteiger partial charge on any atom is 0.407 e. The fraction of sp³-hybridized carbons (Fsp3) is 0.900. The molecule has 82 valence electrons. The summed E-state index contributed by atoms with van der Waals surface area (Å²) in [4.78, 5) is 11.2. The molecule has 2 atom stereocenters. The third kappa shape index (κ3) is 3.96. The Morgan fingerprint density at radius 1 is 1.50 bits per heavy atom. The number of amides is 1. The average molecular weight is 200 g/mol. The molecular weight excluding hydrogens is 180 g/mol. The second-order valence-corrected chi connectivity index (χ2v) is 4.18. The molecule has 1 aliphatic heterocycles. The molecule has 4 nitrogen and oxygen atoms in total. The average Bonchev–Trinajstić information content (AvgIpc) is 2.07. The predicted molar refractivity (Wildman–Crippen MR) is 55.2 cm³/mol. The number of hydrogen-bond acceptors (Lipinski definition) is 3. The Kier molecular flexibility index (Phi) is 4.20. The Labute approximate surface area is 85.4 Å². The molecule has 4 heteroatoms. The normalized spacial score (nSPS) is 27.4. The van der Waals surface area contributed by atoms with Crippen molar-refractivity contribution in [2.45, 2.75) is 51.8 Å². The van der Waals surface area contributed by atoms with Crippen molar-refractivity contribution < 1.29 is 9.53 Å². The molecule has 0 bridgehead atoms. The Morgan fingerprint density at radius 3 is 2.71 bits per heavy atom. The number of piperidine rings is 1. The summed E-state index contributed by atoms with van der Waals surface area (Å²) < 4.78 is 5.00. The quantitative estimate of drug-likeness (QED) is 0.705. The van der Waals surface area contributed by atoms with Crippen LogP contribution in [0.25, 0.3) is 0 Å². The monoisotopic (exact) mass is 200 g/mol. The van der Waals surface area contributed by atoms with Crippen molar-refractivity contribution in [2.75, 3.05) is 6.54 Å². The summed E-state index contributed by atoms with van der Waals surface area (Å²) in [5, 5.41) is 6.17. The van der Waals surface area contributed by atoms with Gasteiger partial charge < -0.3 is 15.4 Å². The first-order valence-electron chi connectivity index (χ1n) is 5.28. The SMILES string of the molecule is CC1CCC(NC(=O)OC(C)C)CN1. The highest BCUT2D eigenvalue weighted by molar-refractivity contribution is 5.67. The van der Waals surface area contributed by atoms with Crippen LogP contribution in [0.15, 0.2) is 0 Å². The van der Waals surface area contributed by atoms with Gasteiger partial charge in [0.15, 0.2) is 0 Å². The third-order valence-electron chi connectivity index (χ3n) is 2.33. The molecule has 0 aliphatic carbocycles. The molecule has 2 unspecified atom stereocenters. The second-order valence-electron chi connectivity index (χ2n) is 4.18. The molecule has 1 aliphatic rings. The predicted octanol–water partition coefficient (Wildman–Crippen LogP) is 1.26. The number of rotatable bonds is 2. The Balaban J connectivity index is 2.20. The lowest BCUT2D eigenvalue weighted by Gasteiger charge is -2.28. The van der Waals surface area contributed by atoms with Gasteiger partial charge in [0.05, 0.1) is 6.10 Å². The van der Waals surface area contributed by atoms with Gasteiger partial charge in [-0.15, -0.1) is 0 Å². The van der Waals surface area contributed by atoms with E-state index in [-0.39, 0.29) is 18.2 Å². The zero-order valence-corrected chi connectivity index (χ0v) is 9.17. The van der Waals surface area contributed by atoms with Gasteiger partial charge in [-0.3, -0.25) is 0 Å². The van der Waals surface area contributed by atoms with Gasteiger partial charge in [-0.1, -0.05) is 0 Å². The Hall–Kier alpha value is -0.770. The maximum absolute atomic E-state index is 11.2. The topological polar surface area (TPSA) is 50.4 Å². The summed E-state index contributed by atoms with van der Waals surface area (Å²) in [7, 11) is 0. The van der Waals surface area contributed by atoms with Crippen molar-refractivity contribution in [3.05, 3.63) is 0 Å². The lowest BCUT2D eigenvalue weighted by molar-refractivity contribution is 0.110. The van der Waals surface area contributed by atoms with Gasteiger partial charge in [0.1, 0.15) is 0 Å². The molecule has 2 N–H and O–H groups in total. The van der Waals surface area contributed by atoms with Crippen LogP contribution in [0.5, 0.6) is 0 Å². The van der Waals surface area contributed by atoms with Crippen molar-refractivity contribution >= 4 is 6.09 Å². The molecule has 1 amide bonds. The van der Waals surface area contributed by atoms with E-state index in [1.807, 2.05) is 13.8 Å². The van der Waals surface area contributed by atoms with Crippen molar-refractivity contribution in [3.63, 3.8) is 0 Å². The molecule has 0 aromatic rings. The lowest BCUT2D eigenvalue weighted by atomic mass is 10.0. The first-order valence-corrected chi connectivity index (χ1v) is 5.28. The molecule has 1 heterocycles. The van der Waals surface area contributed by atoms with Crippen molar-refractivity contribution in [3.8, 4) is 0 Å². The van der Waals surface area contributed by atoms with E-state index in [2.05, 4.69) is 17.6 Å². The van der Waals surface area contributed by atoms with Crippen molar-refractivity contribution in [1.29, 1.82) is 0 Å². The number of carbonyl (C=O) groups excluding carboxylic acids is 1. The molecule has 0 spiro atoms. The smallest absolute Gasteiger partial charge is 0.407 e. The lowest BCUT2D eigenvalue weighted by Crippen LogP contribution is -2.49. The van der Waals surface area contributed by atoms with E-state index in [1.54, 1.807) is 0 Å². The van der Waals surface area contributed by atoms with Crippen LogP contribution in [0, 0.1) is 0 Å². The van der Waals surface area contributed by atoms with E-state index in [4.69, 9.17) is 4.74 Å². The third-order valence-corrected chi connectivity index (χ3v) is 2.33. The van der Waals surface area contributed by atoms with Gasteiger partial charge in [-0.05, 0) is 33.6 Å².